The van der Waals surface area contributed by atoms with Gasteiger partial charge in [-0.25, -0.2) is 9.59 Å². The molecule has 0 fully saturated rings. The van der Waals surface area contributed by atoms with E-state index in [4.69, 9.17) is 14.9 Å². The largest absolute Gasteiger partial charge is 0.481 e. The Hall–Kier alpha value is -1.83. The molecule has 1 unspecified atom stereocenters. The molecular weight excluding hydrogens is 244 g/mol. The lowest BCUT2D eigenvalue weighted by Gasteiger charge is -2.15. The lowest BCUT2D eigenvalue weighted by molar-refractivity contribution is -0.140. The van der Waals surface area contributed by atoms with E-state index in [0.717, 1.165) is 0 Å². The van der Waals surface area contributed by atoms with Crippen molar-refractivity contribution < 1.29 is 29.3 Å². The second-order valence-electron chi connectivity index (χ2n) is 3.72. The van der Waals surface area contributed by atoms with Gasteiger partial charge in [0.05, 0.1) is 6.10 Å². The third-order valence-corrected chi connectivity index (χ3v) is 2.20. The van der Waals surface area contributed by atoms with Crippen molar-refractivity contribution in [3.63, 3.8) is 0 Å². The maximum absolute atomic E-state index is 11.3. The minimum absolute atomic E-state index is 0.169. The second-order valence-corrected chi connectivity index (χ2v) is 3.72. The number of methoxy groups -OCH3 is 1. The van der Waals surface area contributed by atoms with Gasteiger partial charge in [0, 0.05) is 20.1 Å². The van der Waals surface area contributed by atoms with Crippen LogP contribution < -0.4 is 10.6 Å². The van der Waals surface area contributed by atoms with Crippen molar-refractivity contribution in [1.82, 2.24) is 10.6 Å². The lowest BCUT2D eigenvalue weighted by Crippen LogP contribution is -2.47. The first-order chi connectivity index (χ1) is 8.36. The number of carbonyl (C=O) groups excluding carboxylic acids is 1. The predicted octanol–water partition coefficient (Wildman–Crippen LogP) is -0.361. The van der Waals surface area contributed by atoms with E-state index < -0.39 is 24.0 Å². The zero-order chi connectivity index (χ0) is 14.1. The number of carboxylic acid groups (broad SMARTS) is 2. The van der Waals surface area contributed by atoms with Crippen LogP contribution >= 0.6 is 0 Å². The van der Waals surface area contributed by atoms with Gasteiger partial charge in [-0.15, -0.1) is 0 Å². The summed E-state index contributed by atoms with van der Waals surface area (Å²) in [6, 6.07) is -1.89. The maximum atomic E-state index is 11.3. The molecule has 0 aliphatic heterocycles. The Bertz CT molecular complexity index is 307. The Morgan fingerprint density at radius 2 is 1.89 bits per heavy atom. The van der Waals surface area contributed by atoms with Gasteiger partial charge in [-0.05, 0) is 13.3 Å². The Balaban J connectivity index is 4.11. The molecule has 104 valence electrons. The predicted molar refractivity (Wildman–Crippen MR) is 61.3 cm³/mol. The molecule has 0 rings (SSSR count). The quantitative estimate of drug-likeness (QED) is 0.473. The summed E-state index contributed by atoms with van der Waals surface area (Å²) in [7, 11) is 1.48. The van der Waals surface area contributed by atoms with E-state index in [2.05, 4.69) is 10.6 Å². The fraction of sp³-hybridized carbons (Fsp3) is 0.700. The molecule has 8 nitrogen and oxygen atoms in total. The summed E-state index contributed by atoms with van der Waals surface area (Å²) < 4.78 is 4.90. The molecule has 0 heterocycles. The first-order valence-corrected chi connectivity index (χ1v) is 5.38. The fourth-order valence-electron chi connectivity index (χ4n) is 1.05. The van der Waals surface area contributed by atoms with Gasteiger partial charge in [-0.1, -0.05) is 0 Å². The standard InChI is InChI=1S/C10H18N2O6/c1-6(18-2)5-11-10(17)12-7(9(15)16)3-4-8(13)14/h6-7H,3-5H2,1-2H3,(H,13,14)(H,15,16)(H2,11,12,17)/t6?,7-/m0/s1. The summed E-state index contributed by atoms with van der Waals surface area (Å²) in [6.45, 7) is 1.97. The molecular formula is C10H18N2O6. The molecule has 0 radical (unpaired) electrons. The maximum Gasteiger partial charge on any atom is 0.326 e. The van der Waals surface area contributed by atoms with E-state index in [9.17, 15) is 14.4 Å². The SMILES string of the molecule is COC(C)CNC(=O)N[C@@H](CCC(=O)O)C(=O)O. The first-order valence-electron chi connectivity index (χ1n) is 5.38. The van der Waals surface area contributed by atoms with Crippen molar-refractivity contribution in [1.29, 1.82) is 0 Å². The molecule has 0 aromatic rings. The van der Waals surface area contributed by atoms with Crippen LogP contribution in [0.4, 0.5) is 4.79 Å². The monoisotopic (exact) mass is 262 g/mol. The number of nitrogens with one attached hydrogen (secondary N) is 2. The van der Waals surface area contributed by atoms with Gasteiger partial charge in [0.2, 0.25) is 0 Å². The van der Waals surface area contributed by atoms with Crippen LogP contribution in [0.2, 0.25) is 0 Å². The van der Waals surface area contributed by atoms with Gasteiger partial charge in [-0.3, -0.25) is 4.79 Å². The molecule has 8 heteroatoms. The molecule has 0 saturated heterocycles. The van der Waals surface area contributed by atoms with E-state index in [1.807, 2.05) is 0 Å². The first kappa shape index (κ1) is 16.2. The number of hydrogen-bond acceptors (Lipinski definition) is 4. The summed E-state index contributed by atoms with van der Waals surface area (Å²) in [4.78, 5) is 32.4. The molecule has 0 aliphatic rings. The van der Waals surface area contributed by atoms with E-state index in [1.54, 1.807) is 6.92 Å². The van der Waals surface area contributed by atoms with Crippen LogP contribution in [0.15, 0.2) is 0 Å². The van der Waals surface area contributed by atoms with Crippen molar-refractivity contribution >= 4 is 18.0 Å². The number of hydrogen-bond donors (Lipinski definition) is 4. The number of aliphatic carboxylic acids is 2. The third-order valence-electron chi connectivity index (χ3n) is 2.20. The number of amides is 2. The van der Waals surface area contributed by atoms with Crippen molar-refractivity contribution in [3.8, 4) is 0 Å². The summed E-state index contributed by atoms with van der Waals surface area (Å²) >= 11 is 0. The van der Waals surface area contributed by atoms with Gasteiger partial charge in [0.1, 0.15) is 6.04 Å². The highest BCUT2D eigenvalue weighted by Crippen LogP contribution is 1.98. The fourth-order valence-corrected chi connectivity index (χ4v) is 1.05. The zero-order valence-electron chi connectivity index (χ0n) is 10.3. The van der Waals surface area contributed by atoms with E-state index in [0.29, 0.717) is 0 Å². The summed E-state index contributed by atoms with van der Waals surface area (Å²) in [5.74, 6) is -2.39. The molecule has 0 aliphatic carbocycles. The summed E-state index contributed by atoms with van der Waals surface area (Å²) in [5.41, 5.74) is 0. The Labute approximate surface area is 104 Å². The average Bonchev–Trinajstić information content (AvgIpc) is 2.30. The molecule has 18 heavy (non-hydrogen) atoms. The van der Waals surface area contributed by atoms with Gasteiger partial charge in [-0.2, -0.15) is 0 Å². The molecule has 2 atom stereocenters. The third kappa shape index (κ3) is 7.44. The van der Waals surface area contributed by atoms with Crippen LogP contribution in [0.5, 0.6) is 0 Å². The highest BCUT2D eigenvalue weighted by atomic mass is 16.5. The second kappa shape index (κ2) is 8.29. The Kier molecular flexibility index (Phi) is 7.45. The molecule has 4 N–H and O–H groups in total. The average molecular weight is 262 g/mol. The Morgan fingerprint density at radius 3 is 2.33 bits per heavy atom. The highest BCUT2D eigenvalue weighted by molar-refractivity contribution is 5.82. The molecule has 2 amide bonds. The lowest BCUT2D eigenvalue weighted by atomic mass is 10.1. The van der Waals surface area contributed by atoms with Crippen molar-refractivity contribution in [2.24, 2.45) is 0 Å². The van der Waals surface area contributed by atoms with Crippen LogP contribution in [-0.4, -0.2) is 54.0 Å². The molecule has 0 aromatic heterocycles. The van der Waals surface area contributed by atoms with Gasteiger partial charge >= 0.3 is 18.0 Å². The van der Waals surface area contributed by atoms with Gasteiger partial charge in [0.25, 0.3) is 0 Å². The highest BCUT2D eigenvalue weighted by Gasteiger charge is 2.20. The minimum atomic E-state index is -1.27. The normalized spacial score (nSPS) is 13.4. The number of rotatable bonds is 8. The van der Waals surface area contributed by atoms with Crippen LogP contribution in [0.1, 0.15) is 19.8 Å². The van der Waals surface area contributed by atoms with Crippen LogP contribution in [0.25, 0.3) is 0 Å². The summed E-state index contributed by atoms with van der Waals surface area (Å²) in [5, 5.41) is 21.9. The number of carboxylic acids is 2. The number of carbonyl (C=O) groups is 3. The zero-order valence-corrected chi connectivity index (χ0v) is 10.3. The number of urea groups is 1. The van der Waals surface area contributed by atoms with Crippen LogP contribution in [0, 0.1) is 0 Å². The van der Waals surface area contributed by atoms with Gasteiger partial charge < -0.3 is 25.6 Å². The smallest absolute Gasteiger partial charge is 0.326 e. The number of ether oxygens (including phenoxy) is 1. The van der Waals surface area contributed by atoms with Crippen molar-refractivity contribution in [2.75, 3.05) is 13.7 Å². The summed E-state index contributed by atoms with van der Waals surface area (Å²) in [6.07, 6.45) is -0.693. The van der Waals surface area contributed by atoms with E-state index in [1.165, 1.54) is 7.11 Å². The van der Waals surface area contributed by atoms with Gasteiger partial charge in [0.15, 0.2) is 0 Å². The van der Waals surface area contributed by atoms with Crippen molar-refractivity contribution in [2.45, 2.75) is 31.9 Å². The molecule has 0 saturated carbocycles. The molecule has 0 aromatic carbocycles. The minimum Gasteiger partial charge on any atom is -0.481 e. The van der Waals surface area contributed by atoms with E-state index in [-0.39, 0.29) is 25.5 Å². The topological polar surface area (TPSA) is 125 Å². The van der Waals surface area contributed by atoms with Crippen molar-refractivity contribution in [3.05, 3.63) is 0 Å². The van der Waals surface area contributed by atoms with E-state index >= 15 is 0 Å². The Morgan fingerprint density at radius 1 is 1.28 bits per heavy atom. The van der Waals surface area contributed by atoms with Crippen LogP contribution in [0.3, 0.4) is 0 Å². The molecule has 0 spiro atoms. The van der Waals surface area contributed by atoms with Crippen LogP contribution in [-0.2, 0) is 14.3 Å². The molecule has 0 bridgehead atoms.